The third-order valence-corrected chi connectivity index (χ3v) is 2.05. The molecule has 1 atom stereocenters. The zero-order valence-corrected chi connectivity index (χ0v) is 11.8. The molecule has 0 aromatic heterocycles. The summed E-state index contributed by atoms with van der Waals surface area (Å²) in [4.78, 5) is 19.9. The third kappa shape index (κ3) is 17.9. The molecule has 0 rings (SSSR count). The molecule has 0 aliphatic heterocycles. The summed E-state index contributed by atoms with van der Waals surface area (Å²) in [5.41, 5.74) is 0. The fourth-order valence-corrected chi connectivity index (χ4v) is 0.889. The summed E-state index contributed by atoms with van der Waals surface area (Å²) in [6, 6.07) is 0. The molecular formula is C11H22ClNO4. The van der Waals surface area contributed by atoms with E-state index in [4.69, 9.17) is 16.7 Å². The Morgan fingerprint density at radius 2 is 1.65 bits per heavy atom. The van der Waals surface area contributed by atoms with Crippen molar-refractivity contribution in [1.82, 2.24) is 0 Å². The van der Waals surface area contributed by atoms with E-state index < -0.39 is 12.1 Å². The first-order chi connectivity index (χ1) is 7.45. The van der Waals surface area contributed by atoms with Crippen molar-refractivity contribution in [2.45, 2.75) is 26.4 Å². The number of quaternary nitrogens is 1. The lowest BCUT2D eigenvalue weighted by Crippen LogP contribution is -2.43. The highest BCUT2D eigenvalue weighted by Gasteiger charge is 2.14. The van der Waals surface area contributed by atoms with E-state index in [2.05, 4.69) is 0 Å². The van der Waals surface area contributed by atoms with Crippen LogP contribution in [0.5, 0.6) is 0 Å². The summed E-state index contributed by atoms with van der Waals surface area (Å²) in [7, 11) is 5.66. The van der Waals surface area contributed by atoms with Gasteiger partial charge in [0.05, 0.1) is 21.1 Å². The predicted octanol–water partition coefficient (Wildman–Crippen LogP) is -0.399. The number of halogens is 1. The van der Waals surface area contributed by atoms with E-state index in [0.717, 1.165) is 0 Å². The quantitative estimate of drug-likeness (QED) is 0.543. The maximum Gasteiger partial charge on any atom is 0.224 e. The number of rotatable bonds is 5. The Hall–Kier alpha value is -0.650. The van der Waals surface area contributed by atoms with E-state index >= 15 is 0 Å². The van der Waals surface area contributed by atoms with Crippen molar-refractivity contribution in [3.05, 3.63) is 0 Å². The van der Waals surface area contributed by atoms with Crippen molar-refractivity contribution >= 4 is 22.8 Å². The van der Waals surface area contributed by atoms with Gasteiger partial charge in [0.15, 0.2) is 0 Å². The molecule has 1 N–H and O–H groups in total. The molecule has 0 heterocycles. The minimum Gasteiger partial charge on any atom is -0.550 e. The number of carboxylic acid groups (broad SMARTS) is 1. The molecule has 17 heavy (non-hydrogen) atoms. The van der Waals surface area contributed by atoms with Crippen LogP contribution in [0, 0.1) is 5.92 Å². The van der Waals surface area contributed by atoms with Gasteiger partial charge in [0, 0.05) is 18.3 Å². The largest absolute Gasteiger partial charge is 0.550 e. The van der Waals surface area contributed by atoms with Gasteiger partial charge in [-0.05, 0) is 11.6 Å². The molecule has 0 aromatic rings. The monoisotopic (exact) mass is 267 g/mol. The minimum absolute atomic E-state index is 0.0216. The Labute approximate surface area is 108 Å². The molecule has 0 aliphatic carbocycles. The molecule has 6 heteroatoms. The van der Waals surface area contributed by atoms with Crippen molar-refractivity contribution in [2.24, 2.45) is 5.92 Å². The molecule has 5 nitrogen and oxygen atoms in total. The highest BCUT2D eigenvalue weighted by Crippen LogP contribution is 1.97. The molecule has 0 saturated carbocycles. The van der Waals surface area contributed by atoms with Crippen LogP contribution in [0.2, 0.25) is 0 Å². The van der Waals surface area contributed by atoms with Gasteiger partial charge in [-0.25, -0.2) is 0 Å². The average Bonchev–Trinajstić information content (AvgIpc) is 1.98. The van der Waals surface area contributed by atoms with Gasteiger partial charge in [-0.1, -0.05) is 13.8 Å². The van der Waals surface area contributed by atoms with Crippen molar-refractivity contribution in [2.75, 3.05) is 27.7 Å². The summed E-state index contributed by atoms with van der Waals surface area (Å²) < 4.78 is 0.550. The summed E-state index contributed by atoms with van der Waals surface area (Å²) in [6.45, 7) is 3.94. The maximum absolute atomic E-state index is 10.0. The number of carbonyl (C=O) groups excluding carboxylic acids is 2. The topological polar surface area (TPSA) is 77.4 Å². The van der Waals surface area contributed by atoms with Crippen molar-refractivity contribution in [1.29, 1.82) is 0 Å². The van der Waals surface area contributed by atoms with Crippen LogP contribution in [0.25, 0.3) is 0 Å². The molecule has 0 saturated heterocycles. The lowest BCUT2D eigenvalue weighted by atomic mass is 10.2. The van der Waals surface area contributed by atoms with Crippen LogP contribution >= 0.6 is 11.6 Å². The SMILES string of the molecule is CC(C)C(=O)Cl.C[N+](C)(C)C[C@H](O)CC(=O)[O-]. The average molecular weight is 268 g/mol. The second kappa shape index (κ2) is 8.44. The first-order valence-electron chi connectivity index (χ1n) is 5.33. The molecule has 0 amide bonds. The van der Waals surface area contributed by atoms with Crippen LogP contribution in [-0.4, -0.2) is 54.6 Å². The van der Waals surface area contributed by atoms with Crippen molar-refractivity contribution in [3.63, 3.8) is 0 Å². The van der Waals surface area contributed by atoms with Gasteiger partial charge in [-0.2, -0.15) is 0 Å². The smallest absolute Gasteiger partial charge is 0.224 e. The molecule has 0 radical (unpaired) electrons. The Balaban J connectivity index is 0. The van der Waals surface area contributed by atoms with E-state index in [1.165, 1.54) is 0 Å². The molecule has 0 unspecified atom stereocenters. The van der Waals surface area contributed by atoms with Crippen LogP contribution in [0.15, 0.2) is 0 Å². The number of hydrogen-bond donors (Lipinski definition) is 1. The summed E-state index contributed by atoms with van der Waals surface area (Å²) in [5.74, 6) is -1.22. The Bertz CT molecular complexity index is 248. The molecule has 102 valence electrons. The Morgan fingerprint density at radius 3 is 1.82 bits per heavy atom. The fraction of sp³-hybridized carbons (Fsp3) is 0.818. The van der Waals surface area contributed by atoms with Crippen molar-refractivity contribution < 1.29 is 24.3 Å². The van der Waals surface area contributed by atoms with Crippen molar-refractivity contribution in [3.8, 4) is 0 Å². The standard InChI is InChI=1S/C7H15NO3.C4H7ClO/c1-8(2,3)5-6(9)4-7(10)11;1-3(2)4(5)6/h6,9H,4-5H2,1-3H3;3H,1-2H3/t6-;/m1./s1. The minimum atomic E-state index is -1.20. The summed E-state index contributed by atoms with van der Waals surface area (Å²) in [6.07, 6.45) is -1.09. The molecule has 0 fully saturated rings. The van der Waals surface area contributed by atoms with E-state index in [0.29, 0.717) is 11.0 Å². The molecular weight excluding hydrogens is 246 g/mol. The number of hydrogen-bond acceptors (Lipinski definition) is 4. The molecule has 0 spiro atoms. The Morgan fingerprint density at radius 1 is 1.29 bits per heavy atom. The second-order valence-corrected chi connectivity index (χ2v) is 5.53. The fourth-order valence-electron chi connectivity index (χ4n) is 0.889. The van der Waals surface area contributed by atoms with E-state index in [9.17, 15) is 14.7 Å². The molecule has 0 aliphatic rings. The van der Waals surface area contributed by atoms with E-state index in [1.807, 2.05) is 21.1 Å². The second-order valence-electron chi connectivity index (χ2n) is 5.16. The summed E-state index contributed by atoms with van der Waals surface area (Å²) >= 11 is 4.97. The van der Waals surface area contributed by atoms with Crippen LogP contribution in [0.1, 0.15) is 20.3 Å². The highest BCUT2D eigenvalue weighted by molar-refractivity contribution is 6.63. The zero-order valence-electron chi connectivity index (χ0n) is 11.1. The van der Waals surface area contributed by atoms with Gasteiger partial charge in [-0.15, -0.1) is 0 Å². The van der Waals surface area contributed by atoms with E-state index in [1.54, 1.807) is 13.8 Å². The Kier molecular flexibility index (Phi) is 9.29. The molecule has 0 aromatic carbocycles. The third-order valence-electron chi connectivity index (χ3n) is 1.61. The van der Waals surface area contributed by atoms with Gasteiger partial charge < -0.3 is 19.5 Å². The number of carbonyl (C=O) groups is 2. The lowest BCUT2D eigenvalue weighted by Gasteiger charge is -2.26. The molecule has 0 bridgehead atoms. The van der Waals surface area contributed by atoms with Crippen LogP contribution in [0.4, 0.5) is 0 Å². The summed E-state index contributed by atoms with van der Waals surface area (Å²) in [5, 5.41) is 18.9. The predicted molar refractivity (Wildman–Crippen MR) is 64.2 cm³/mol. The number of aliphatic hydroxyl groups excluding tert-OH is 1. The zero-order chi connectivity index (χ0) is 14.2. The number of aliphatic hydroxyl groups is 1. The first-order valence-corrected chi connectivity index (χ1v) is 5.71. The van der Waals surface area contributed by atoms with Gasteiger partial charge in [-0.3, -0.25) is 4.79 Å². The van der Waals surface area contributed by atoms with Crippen LogP contribution < -0.4 is 5.11 Å². The van der Waals surface area contributed by atoms with E-state index in [-0.39, 0.29) is 17.6 Å². The maximum atomic E-state index is 10.0. The number of aliphatic carboxylic acids is 1. The lowest BCUT2D eigenvalue weighted by molar-refractivity contribution is -0.873. The number of carboxylic acids is 1. The van der Waals surface area contributed by atoms with Crippen LogP contribution in [-0.2, 0) is 9.59 Å². The normalized spacial score (nSPS) is 12.7. The van der Waals surface area contributed by atoms with Gasteiger partial charge in [0.1, 0.15) is 12.6 Å². The number of likely N-dealkylation sites (N-methyl/N-ethyl adjacent to an activating group) is 1. The number of nitrogens with zero attached hydrogens (tertiary/aromatic N) is 1. The van der Waals surface area contributed by atoms with Gasteiger partial charge in [0.25, 0.3) is 0 Å². The van der Waals surface area contributed by atoms with Gasteiger partial charge in [0.2, 0.25) is 5.24 Å². The first kappa shape index (κ1) is 18.7. The van der Waals surface area contributed by atoms with Gasteiger partial charge >= 0.3 is 0 Å². The van der Waals surface area contributed by atoms with Crippen LogP contribution in [0.3, 0.4) is 0 Å². The highest BCUT2D eigenvalue weighted by atomic mass is 35.5.